The van der Waals surface area contributed by atoms with Gasteiger partial charge in [-0.05, 0) is 12.5 Å². The number of nitrogens with one attached hydrogen (secondary N) is 1. The van der Waals surface area contributed by atoms with E-state index in [4.69, 9.17) is 0 Å². The van der Waals surface area contributed by atoms with Crippen molar-refractivity contribution in [1.82, 2.24) is 10.3 Å². The predicted octanol–water partition coefficient (Wildman–Crippen LogP) is 1.31. The molecule has 2 aliphatic rings. The van der Waals surface area contributed by atoms with Crippen LogP contribution in [0.1, 0.15) is 18.4 Å². The molecular weight excluding hydrogens is 232 g/mol. The Morgan fingerprint density at radius 2 is 2.11 bits per heavy atom. The van der Waals surface area contributed by atoms with Crippen LogP contribution in [0.3, 0.4) is 0 Å². The normalized spacial score (nSPS) is 22.7. The average Bonchev–Trinajstić information content (AvgIpc) is 2.38. The fourth-order valence-electron chi connectivity index (χ4n) is 2.19. The molecular formula is C12H12N4O2. The zero-order valence-electron chi connectivity index (χ0n) is 9.67. The summed E-state index contributed by atoms with van der Waals surface area (Å²) in [6.07, 6.45) is 0.843. The monoisotopic (exact) mass is 244 g/mol. The Bertz CT molecular complexity index is 541. The van der Waals surface area contributed by atoms with E-state index >= 15 is 0 Å². The number of fused-ring (bicyclic) bond motifs is 1. The largest absolute Gasteiger partial charge is 0.295 e. The first kappa shape index (κ1) is 10.9. The molecule has 1 aromatic rings. The average molecular weight is 244 g/mol. The lowest BCUT2D eigenvalue weighted by Crippen LogP contribution is -2.50. The number of imide groups is 1. The Morgan fingerprint density at radius 1 is 1.28 bits per heavy atom. The Balaban J connectivity index is 1.80. The molecule has 2 aliphatic heterocycles. The van der Waals surface area contributed by atoms with Gasteiger partial charge in [0.25, 0.3) is 5.91 Å². The Hall–Kier alpha value is -2.24. The van der Waals surface area contributed by atoms with Gasteiger partial charge in [0, 0.05) is 12.0 Å². The molecule has 1 saturated heterocycles. The molecule has 2 heterocycles. The maximum atomic E-state index is 11.7. The van der Waals surface area contributed by atoms with Gasteiger partial charge in [-0.2, -0.15) is 0 Å². The van der Waals surface area contributed by atoms with E-state index < -0.39 is 6.04 Å². The third-order valence-corrected chi connectivity index (χ3v) is 3.16. The highest BCUT2D eigenvalue weighted by molar-refractivity contribution is 6.00. The van der Waals surface area contributed by atoms with Crippen molar-refractivity contribution < 1.29 is 9.59 Å². The second-order valence-electron chi connectivity index (χ2n) is 4.38. The number of benzene rings is 1. The first-order valence-electron chi connectivity index (χ1n) is 5.84. The van der Waals surface area contributed by atoms with Crippen LogP contribution in [0.25, 0.3) is 0 Å². The topological polar surface area (TPSA) is 74.1 Å². The molecule has 0 aromatic heterocycles. The highest BCUT2D eigenvalue weighted by Crippen LogP contribution is 2.28. The molecule has 0 radical (unpaired) electrons. The fraction of sp³-hybridized carbons (Fsp3) is 0.333. The minimum atomic E-state index is -0.403. The number of carbonyl (C=O) groups is 2. The van der Waals surface area contributed by atoms with Crippen molar-refractivity contribution in [2.45, 2.75) is 25.4 Å². The molecule has 1 N–H and O–H groups in total. The van der Waals surface area contributed by atoms with Gasteiger partial charge < -0.3 is 0 Å². The van der Waals surface area contributed by atoms with Gasteiger partial charge in [-0.25, -0.2) is 0 Å². The van der Waals surface area contributed by atoms with Crippen molar-refractivity contribution in [2.75, 3.05) is 0 Å². The molecule has 92 valence electrons. The lowest BCUT2D eigenvalue weighted by Gasteiger charge is -2.31. The van der Waals surface area contributed by atoms with E-state index in [9.17, 15) is 9.59 Å². The summed E-state index contributed by atoms with van der Waals surface area (Å²) in [5.41, 5.74) is 1.87. The van der Waals surface area contributed by atoms with Crippen molar-refractivity contribution in [2.24, 2.45) is 10.3 Å². The minimum Gasteiger partial charge on any atom is -0.295 e. The number of amides is 2. The highest BCUT2D eigenvalue weighted by Gasteiger charge is 2.32. The molecule has 0 spiro atoms. The smallest absolute Gasteiger partial charge is 0.251 e. The highest BCUT2D eigenvalue weighted by atomic mass is 16.2. The summed E-state index contributed by atoms with van der Waals surface area (Å²) in [4.78, 5) is 22.8. The predicted molar refractivity (Wildman–Crippen MR) is 62.7 cm³/mol. The Kier molecular flexibility index (Phi) is 2.55. The van der Waals surface area contributed by atoms with Crippen LogP contribution in [-0.4, -0.2) is 22.9 Å². The van der Waals surface area contributed by atoms with Crippen molar-refractivity contribution >= 4 is 17.5 Å². The summed E-state index contributed by atoms with van der Waals surface area (Å²) in [5.74, 6) is -0.504. The zero-order chi connectivity index (χ0) is 12.5. The maximum Gasteiger partial charge on any atom is 0.251 e. The SMILES string of the molecule is O=C1CCC(N2Cc3ccccc3N=N2)C(=O)N1. The van der Waals surface area contributed by atoms with Gasteiger partial charge >= 0.3 is 0 Å². The van der Waals surface area contributed by atoms with E-state index in [1.54, 1.807) is 5.01 Å². The third kappa shape index (κ3) is 1.85. The summed E-state index contributed by atoms with van der Waals surface area (Å²) in [7, 11) is 0. The first-order chi connectivity index (χ1) is 8.74. The van der Waals surface area contributed by atoms with Gasteiger partial charge in [0.05, 0.1) is 12.2 Å². The summed E-state index contributed by atoms with van der Waals surface area (Å²) in [5, 5.41) is 12.1. The molecule has 1 unspecified atom stereocenters. The van der Waals surface area contributed by atoms with Crippen LogP contribution < -0.4 is 5.32 Å². The zero-order valence-corrected chi connectivity index (χ0v) is 9.67. The van der Waals surface area contributed by atoms with Gasteiger partial charge in [-0.15, -0.1) is 5.11 Å². The number of hydrogen-bond donors (Lipinski definition) is 1. The summed E-state index contributed by atoms with van der Waals surface area (Å²) < 4.78 is 0. The molecule has 1 atom stereocenters. The minimum absolute atomic E-state index is 0.217. The van der Waals surface area contributed by atoms with Crippen molar-refractivity contribution in [3.8, 4) is 0 Å². The second-order valence-corrected chi connectivity index (χ2v) is 4.38. The second kappa shape index (κ2) is 4.21. The van der Waals surface area contributed by atoms with E-state index in [1.807, 2.05) is 24.3 Å². The van der Waals surface area contributed by atoms with Crippen molar-refractivity contribution in [3.63, 3.8) is 0 Å². The molecule has 0 aliphatic carbocycles. The molecule has 1 fully saturated rings. The van der Waals surface area contributed by atoms with Gasteiger partial charge in [-0.1, -0.05) is 23.4 Å². The lowest BCUT2D eigenvalue weighted by atomic mass is 10.0. The summed E-state index contributed by atoms with van der Waals surface area (Å²) in [6.45, 7) is 0.548. The van der Waals surface area contributed by atoms with Gasteiger partial charge in [0.2, 0.25) is 5.91 Å². The van der Waals surface area contributed by atoms with Crippen molar-refractivity contribution in [1.29, 1.82) is 0 Å². The maximum absolute atomic E-state index is 11.7. The fourth-order valence-corrected chi connectivity index (χ4v) is 2.19. The number of carbonyl (C=O) groups excluding carboxylic acids is 2. The van der Waals surface area contributed by atoms with Crippen LogP contribution in [0.2, 0.25) is 0 Å². The summed E-state index contributed by atoms with van der Waals surface area (Å²) in [6, 6.07) is 7.29. The molecule has 0 saturated carbocycles. The standard InChI is InChI=1S/C12H12N4O2/c17-11-6-5-10(12(18)13-11)16-7-8-3-1-2-4-9(8)14-15-16/h1-4,10H,5-7H2,(H,13,17,18). The van der Waals surface area contributed by atoms with Gasteiger partial charge in [0.15, 0.2) is 0 Å². The molecule has 2 amide bonds. The lowest BCUT2D eigenvalue weighted by molar-refractivity contribution is -0.138. The molecule has 18 heavy (non-hydrogen) atoms. The van der Waals surface area contributed by atoms with Gasteiger partial charge in [0.1, 0.15) is 6.04 Å². The number of hydrogen-bond acceptors (Lipinski definition) is 5. The molecule has 0 bridgehead atoms. The Labute approximate surface area is 104 Å². The van der Waals surface area contributed by atoms with Crippen LogP contribution >= 0.6 is 0 Å². The number of rotatable bonds is 1. The first-order valence-corrected chi connectivity index (χ1v) is 5.84. The van der Waals surface area contributed by atoms with E-state index in [-0.39, 0.29) is 11.8 Å². The molecule has 6 heteroatoms. The van der Waals surface area contributed by atoms with Gasteiger partial charge in [-0.3, -0.25) is 19.9 Å². The third-order valence-electron chi connectivity index (χ3n) is 3.16. The summed E-state index contributed by atoms with van der Waals surface area (Å²) >= 11 is 0. The van der Waals surface area contributed by atoms with Crippen LogP contribution in [0, 0.1) is 0 Å². The van der Waals surface area contributed by atoms with E-state index in [0.717, 1.165) is 11.3 Å². The van der Waals surface area contributed by atoms with Crippen molar-refractivity contribution in [3.05, 3.63) is 29.8 Å². The van der Waals surface area contributed by atoms with Crippen LogP contribution in [0.4, 0.5) is 5.69 Å². The van der Waals surface area contributed by atoms with E-state index in [2.05, 4.69) is 15.7 Å². The van der Waals surface area contributed by atoms with E-state index in [0.29, 0.717) is 19.4 Å². The molecule has 6 nitrogen and oxygen atoms in total. The molecule has 1 aromatic carbocycles. The number of piperidine rings is 1. The Morgan fingerprint density at radius 3 is 2.94 bits per heavy atom. The van der Waals surface area contributed by atoms with Crippen LogP contribution in [-0.2, 0) is 16.1 Å². The quantitative estimate of drug-likeness (QED) is 0.757. The van der Waals surface area contributed by atoms with Crippen LogP contribution in [0.15, 0.2) is 34.6 Å². The van der Waals surface area contributed by atoms with Crippen LogP contribution in [0.5, 0.6) is 0 Å². The van der Waals surface area contributed by atoms with E-state index in [1.165, 1.54) is 0 Å². The number of nitrogens with zero attached hydrogens (tertiary/aromatic N) is 3. The molecule has 3 rings (SSSR count).